The van der Waals surface area contributed by atoms with Crippen molar-refractivity contribution >= 4 is 34.6 Å². The SMILES string of the molecule is [N-]=[N+]=NCCOCCOCCOCCOCCOc1ccc(-c2ccc(C(CC(=O)O)NC(=O)CNC(=O)C(N)CCCNC(N)=O)cc2)c2ccccc12. The smallest absolute Gasteiger partial charge is 0.312 e. The minimum atomic E-state index is -1.11. The molecule has 18 nitrogen and oxygen atoms in total. The lowest BCUT2D eigenvalue weighted by Gasteiger charge is -2.19. The molecule has 2 unspecified atom stereocenters. The molecular formula is C37H50N8O10. The zero-order valence-corrected chi connectivity index (χ0v) is 30.7. The van der Waals surface area contributed by atoms with Gasteiger partial charge in [0.2, 0.25) is 11.8 Å². The fourth-order valence-corrected chi connectivity index (χ4v) is 5.30. The Morgan fingerprint density at radius 1 is 0.800 bits per heavy atom. The molecule has 8 N–H and O–H groups in total. The molecule has 3 aromatic rings. The molecule has 0 bridgehead atoms. The van der Waals surface area contributed by atoms with Crippen molar-refractivity contribution in [3.8, 4) is 16.9 Å². The molecule has 18 heteroatoms. The van der Waals surface area contributed by atoms with Crippen LogP contribution in [0.1, 0.15) is 30.9 Å². The van der Waals surface area contributed by atoms with Gasteiger partial charge < -0.3 is 56.2 Å². The first kappa shape index (κ1) is 43.9. The van der Waals surface area contributed by atoms with Crippen molar-refractivity contribution in [3.63, 3.8) is 0 Å². The number of azide groups is 1. The topological polar surface area (TPSA) is 272 Å². The number of rotatable bonds is 28. The molecule has 0 heterocycles. The molecule has 0 radical (unpaired) electrons. The van der Waals surface area contributed by atoms with Gasteiger partial charge in [-0.1, -0.05) is 59.7 Å². The molecule has 3 aromatic carbocycles. The Kier molecular flexibility index (Phi) is 20.4. The average Bonchev–Trinajstić information content (AvgIpc) is 3.18. The van der Waals surface area contributed by atoms with Gasteiger partial charge in [0, 0.05) is 23.4 Å². The summed E-state index contributed by atoms with van der Waals surface area (Å²) in [4.78, 5) is 50.1. The van der Waals surface area contributed by atoms with E-state index in [-0.39, 0.29) is 25.9 Å². The fourth-order valence-electron chi connectivity index (χ4n) is 5.30. The van der Waals surface area contributed by atoms with E-state index < -0.39 is 35.9 Å². The van der Waals surface area contributed by atoms with Crippen molar-refractivity contribution < 1.29 is 48.0 Å². The molecule has 0 aliphatic heterocycles. The summed E-state index contributed by atoms with van der Waals surface area (Å²) >= 11 is 0. The lowest BCUT2D eigenvalue weighted by molar-refractivity contribution is -0.138. The van der Waals surface area contributed by atoms with Gasteiger partial charge in [0.15, 0.2) is 0 Å². The van der Waals surface area contributed by atoms with Crippen LogP contribution >= 0.6 is 0 Å². The molecule has 0 spiro atoms. The van der Waals surface area contributed by atoms with Crippen LogP contribution in [0.15, 0.2) is 65.8 Å². The van der Waals surface area contributed by atoms with E-state index in [0.717, 1.165) is 21.9 Å². The Labute approximate surface area is 318 Å². The predicted octanol–water partition coefficient (Wildman–Crippen LogP) is 2.79. The maximum atomic E-state index is 12.7. The van der Waals surface area contributed by atoms with Crippen LogP contribution in [0.4, 0.5) is 4.79 Å². The van der Waals surface area contributed by atoms with Crippen LogP contribution in [0.25, 0.3) is 32.3 Å². The number of urea groups is 1. The third-order valence-electron chi connectivity index (χ3n) is 7.97. The monoisotopic (exact) mass is 766 g/mol. The third kappa shape index (κ3) is 17.0. The van der Waals surface area contributed by atoms with Crippen LogP contribution in [0.2, 0.25) is 0 Å². The minimum absolute atomic E-state index is 0.262. The Bertz CT molecular complexity index is 1710. The second kappa shape index (κ2) is 25.5. The summed E-state index contributed by atoms with van der Waals surface area (Å²) in [7, 11) is 0. The van der Waals surface area contributed by atoms with Crippen molar-refractivity contribution in [1.82, 2.24) is 16.0 Å². The summed E-state index contributed by atoms with van der Waals surface area (Å²) in [6, 6.07) is 16.5. The second-order valence-corrected chi connectivity index (χ2v) is 12.0. The van der Waals surface area contributed by atoms with Crippen LogP contribution in [0, 0.1) is 0 Å². The molecule has 298 valence electrons. The molecule has 0 aliphatic carbocycles. The number of nitrogens with two attached hydrogens (primary N) is 2. The zero-order valence-electron chi connectivity index (χ0n) is 30.7. The number of nitrogens with one attached hydrogen (secondary N) is 3. The summed E-state index contributed by atoms with van der Waals surface area (Å²) < 4.78 is 27.9. The third-order valence-corrected chi connectivity index (χ3v) is 7.97. The van der Waals surface area contributed by atoms with E-state index in [0.29, 0.717) is 83.7 Å². The summed E-state index contributed by atoms with van der Waals surface area (Å²) in [5.41, 5.74) is 21.5. The number of amides is 4. The number of hydrogen-bond donors (Lipinski definition) is 6. The number of carboxylic acids is 1. The van der Waals surface area contributed by atoms with Gasteiger partial charge in [-0.2, -0.15) is 0 Å². The highest BCUT2D eigenvalue weighted by molar-refractivity contribution is 6.00. The molecule has 3 rings (SSSR count). The Morgan fingerprint density at radius 2 is 1.42 bits per heavy atom. The number of fused-ring (bicyclic) bond motifs is 1. The number of carboxylic acid groups (broad SMARTS) is 1. The number of carbonyl (C=O) groups is 4. The lowest BCUT2D eigenvalue weighted by Crippen LogP contribution is -2.45. The minimum Gasteiger partial charge on any atom is -0.491 e. The summed E-state index contributed by atoms with van der Waals surface area (Å²) in [6.07, 6.45) is 0.314. The molecule has 2 atom stereocenters. The van der Waals surface area contributed by atoms with Crippen LogP contribution < -0.4 is 32.2 Å². The molecular weight excluding hydrogens is 716 g/mol. The number of carbonyl (C=O) groups excluding carboxylic acids is 3. The number of hydrogen-bond acceptors (Lipinski definition) is 11. The average molecular weight is 767 g/mol. The van der Waals surface area contributed by atoms with Gasteiger partial charge in [-0.25, -0.2) is 4.79 Å². The molecule has 0 saturated carbocycles. The summed E-state index contributed by atoms with van der Waals surface area (Å²) in [6.45, 7) is 3.77. The van der Waals surface area contributed by atoms with Gasteiger partial charge in [0.25, 0.3) is 0 Å². The normalized spacial score (nSPS) is 11.9. The van der Waals surface area contributed by atoms with Crippen LogP contribution in [-0.4, -0.2) is 114 Å². The van der Waals surface area contributed by atoms with Gasteiger partial charge in [0.1, 0.15) is 12.4 Å². The molecule has 0 aliphatic rings. The van der Waals surface area contributed by atoms with Gasteiger partial charge in [-0.05, 0) is 46.5 Å². The number of aliphatic carboxylic acids is 1. The molecule has 0 saturated heterocycles. The van der Waals surface area contributed by atoms with Gasteiger partial charge in [0.05, 0.1) is 77.9 Å². The van der Waals surface area contributed by atoms with Crippen molar-refractivity contribution in [2.45, 2.75) is 31.3 Å². The maximum absolute atomic E-state index is 12.7. The summed E-state index contributed by atoms with van der Waals surface area (Å²) in [5.74, 6) is -1.53. The number of benzene rings is 3. The first-order valence-electron chi connectivity index (χ1n) is 17.8. The molecule has 0 aromatic heterocycles. The van der Waals surface area contributed by atoms with Crippen molar-refractivity contribution in [2.24, 2.45) is 16.6 Å². The van der Waals surface area contributed by atoms with E-state index in [1.807, 2.05) is 48.5 Å². The Balaban J connectivity index is 1.46. The van der Waals surface area contributed by atoms with Crippen LogP contribution in [0.5, 0.6) is 5.75 Å². The molecule has 4 amide bonds. The van der Waals surface area contributed by atoms with Gasteiger partial charge >= 0.3 is 12.0 Å². The van der Waals surface area contributed by atoms with Crippen LogP contribution in [0.3, 0.4) is 0 Å². The molecule has 55 heavy (non-hydrogen) atoms. The first-order valence-corrected chi connectivity index (χ1v) is 17.8. The van der Waals surface area contributed by atoms with Crippen molar-refractivity contribution in [2.75, 3.05) is 79.1 Å². The number of ether oxygens (including phenoxy) is 5. The standard InChI is InChI=1S/C37H50N8O10/c38-31(6-3-13-41-37(39)50)36(49)42-25-34(46)44-32(24-35(47)48)27-9-7-26(8-10-27)28-11-12-33(30-5-2-1-4-29(28)30)55-23-22-54-21-20-53-19-18-52-17-16-51-15-14-43-45-40/h1-2,4-5,7-12,31-32H,3,6,13-25,38H2,(H,42,49)(H,44,46)(H,47,48)(H3,39,41,50). The highest BCUT2D eigenvalue weighted by atomic mass is 16.6. The summed E-state index contributed by atoms with van der Waals surface area (Å²) in [5, 5.41) is 22.3. The molecule has 0 fully saturated rings. The maximum Gasteiger partial charge on any atom is 0.312 e. The lowest BCUT2D eigenvalue weighted by atomic mass is 9.95. The van der Waals surface area contributed by atoms with Crippen molar-refractivity contribution in [1.29, 1.82) is 0 Å². The van der Waals surface area contributed by atoms with E-state index in [2.05, 4.69) is 26.0 Å². The largest absolute Gasteiger partial charge is 0.491 e. The van der Waals surface area contributed by atoms with E-state index in [1.165, 1.54) is 0 Å². The zero-order chi connectivity index (χ0) is 39.7. The quantitative estimate of drug-likeness (QED) is 0.0271. The van der Waals surface area contributed by atoms with Gasteiger partial charge in [-0.3, -0.25) is 14.4 Å². The second-order valence-electron chi connectivity index (χ2n) is 12.0. The first-order chi connectivity index (χ1) is 26.7. The van der Waals surface area contributed by atoms with Crippen LogP contribution in [-0.2, 0) is 33.3 Å². The number of nitrogens with zero attached hydrogens (tertiary/aromatic N) is 3. The fraction of sp³-hybridized carbons (Fsp3) is 0.459. The van der Waals surface area contributed by atoms with E-state index in [9.17, 15) is 24.3 Å². The van der Waals surface area contributed by atoms with E-state index >= 15 is 0 Å². The van der Waals surface area contributed by atoms with Crippen molar-refractivity contribution in [3.05, 3.63) is 76.7 Å². The van der Waals surface area contributed by atoms with E-state index in [4.69, 9.17) is 40.7 Å². The highest BCUT2D eigenvalue weighted by Gasteiger charge is 2.20. The Hall–Kier alpha value is -5.49. The number of primary amides is 1. The Morgan fingerprint density at radius 3 is 2.04 bits per heavy atom. The predicted molar refractivity (Wildman–Crippen MR) is 203 cm³/mol. The van der Waals surface area contributed by atoms with Gasteiger partial charge in [-0.15, -0.1) is 0 Å². The highest BCUT2D eigenvalue weighted by Crippen LogP contribution is 2.35. The van der Waals surface area contributed by atoms with E-state index in [1.54, 1.807) is 12.1 Å².